The molecule has 0 saturated carbocycles. The Balaban J connectivity index is 2.45. The van der Waals surface area contributed by atoms with Gasteiger partial charge < -0.3 is 5.32 Å². The number of benzene rings is 1. The molecule has 0 atom stereocenters. The first-order valence-corrected chi connectivity index (χ1v) is 6.94. The maximum Gasteiger partial charge on any atom is 0.0679 e. The van der Waals surface area contributed by atoms with Crippen LogP contribution in [0.4, 0.5) is 0 Å². The number of hydrogen-bond acceptors (Lipinski definition) is 2. The summed E-state index contributed by atoms with van der Waals surface area (Å²) < 4.78 is 2.01. The molecule has 2 aromatic rings. The van der Waals surface area contributed by atoms with Gasteiger partial charge in [0, 0.05) is 22.8 Å². The van der Waals surface area contributed by atoms with Crippen molar-refractivity contribution in [2.45, 2.75) is 34.2 Å². The average molecular weight is 278 g/mol. The Labute approximate surface area is 119 Å². The van der Waals surface area contributed by atoms with Gasteiger partial charge in [-0.3, -0.25) is 0 Å². The second-order valence-electron chi connectivity index (χ2n) is 4.77. The molecular formula is C15H20ClN3. The van der Waals surface area contributed by atoms with Gasteiger partial charge in [-0.1, -0.05) is 18.5 Å². The fourth-order valence-electron chi connectivity index (χ4n) is 2.27. The van der Waals surface area contributed by atoms with Crippen molar-refractivity contribution in [3.8, 4) is 5.69 Å². The molecule has 0 radical (unpaired) electrons. The van der Waals surface area contributed by atoms with Gasteiger partial charge in [-0.15, -0.1) is 0 Å². The zero-order valence-electron chi connectivity index (χ0n) is 11.9. The van der Waals surface area contributed by atoms with Gasteiger partial charge in [0.25, 0.3) is 0 Å². The van der Waals surface area contributed by atoms with Crippen LogP contribution < -0.4 is 5.32 Å². The fraction of sp³-hybridized carbons (Fsp3) is 0.400. The quantitative estimate of drug-likeness (QED) is 0.926. The van der Waals surface area contributed by atoms with E-state index in [1.807, 2.05) is 22.9 Å². The van der Waals surface area contributed by atoms with E-state index < -0.39 is 0 Å². The summed E-state index contributed by atoms with van der Waals surface area (Å²) in [6, 6.07) is 5.90. The zero-order valence-corrected chi connectivity index (χ0v) is 12.7. The molecule has 0 bridgehead atoms. The molecule has 0 spiro atoms. The first kappa shape index (κ1) is 14.1. The van der Waals surface area contributed by atoms with Gasteiger partial charge >= 0.3 is 0 Å². The van der Waals surface area contributed by atoms with E-state index in [4.69, 9.17) is 11.6 Å². The highest BCUT2D eigenvalue weighted by atomic mass is 35.5. The van der Waals surface area contributed by atoms with Gasteiger partial charge in [-0.2, -0.15) is 5.10 Å². The lowest BCUT2D eigenvalue weighted by atomic mass is 10.1. The van der Waals surface area contributed by atoms with E-state index in [9.17, 15) is 0 Å². The van der Waals surface area contributed by atoms with Crippen LogP contribution in [-0.2, 0) is 6.54 Å². The highest BCUT2D eigenvalue weighted by molar-refractivity contribution is 6.30. The van der Waals surface area contributed by atoms with Gasteiger partial charge in [-0.05, 0) is 51.1 Å². The molecule has 4 heteroatoms. The van der Waals surface area contributed by atoms with Crippen LogP contribution in [0.1, 0.15) is 29.4 Å². The lowest BCUT2D eigenvalue weighted by molar-refractivity contribution is 0.719. The third kappa shape index (κ3) is 2.82. The van der Waals surface area contributed by atoms with Crippen molar-refractivity contribution in [3.05, 3.63) is 45.7 Å². The average Bonchev–Trinajstić information content (AvgIpc) is 2.63. The van der Waals surface area contributed by atoms with E-state index >= 15 is 0 Å². The molecule has 0 aliphatic rings. The number of nitrogens with one attached hydrogen (secondary N) is 1. The molecule has 0 saturated heterocycles. The predicted molar refractivity (Wildman–Crippen MR) is 80.2 cm³/mol. The molecule has 1 N–H and O–H groups in total. The zero-order chi connectivity index (χ0) is 14.0. The Kier molecular flexibility index (Phi) is 4.27. The number of halogens is 1. The summed E-state index contributed by atoms with van der Waals surface area (Å²) in [6.07, 6.45) is 0. The molecule has 2 rings (SSSR count). The predicted octanol–water partition coefficient (Wildman–Crippen LogP) is 3.56. The Morgan fingerprint density at radius 2 is 2.00 bits per heavy atom. The molecule has 102 valence electrons. The van der Waals surface area contributed by atoms with Crippen LogP contribution in [0.25, 0.3) is 5.69 Å². The highest BCUT2D eigenvalue weighted by Gasteiger charge is 2.13. The molecule has 1 aromatic carbocycles. The van der Waals surface area contributed by atoms with Crippen molar-refractivity contribution in [2.75, 3.05) is 6.54 Å². The molecule has 0 aliphatic carbocycles. The van der Waals surface area contributed by atoms with Gasteiger partial charge in [0.1, 0.15) is 0 Å². The SMILES string of the molecule is CCNCc1c(C)nn(-c2ccc(Cl)cc2C)c1C. The lowest BCUT2D eigenvalue weighted by Crippen LogP contribution is -2.13. The summed E-state index contributed by atoms with van der Waals surface area (Å²) in [5, 5.41) is 8.78. The third-order valence-electron chi connectivity index (χ3n) is 3.38. The van der Waals surface area contributed by atoms with Crippen LogP contribution in [0.2, 0.25) is 5.02 Å². The monoisotopic (exact) mass is 277 g/mol. The first-order chi connectivity index (χ1) is 9.04. The van der Waals surface area contributed by atoms with Crippen LogP contribution in [-0.4, -0.2) is 16.3 Å². The topological polar surface area (TPSA) is 29.9 Å². The van der Waals surface area contributed by atoms with Crippen molar-refractivity contribution < 1.29 is 0 Å². The van der Waals surface area contributed by atoms with Crippen molar-refractivity contribution in [1.29, 1.82) is 0 Å². The van der Waals surface area contributed by atoms with Crippen molar-refractivity contribution in [3.63, 3.8) is 0 Å². The molecule has 1 aromatic heterocycles. The van der Waals surface area contributed by atoms with E-state index in [1.54, 1.807) is 0 Å². The maximum atomic E-state index is 6.01. The van der Waals surface area contributed by atoms with E-state index in [2.05, 4.69) is 38.1 Å². The molecular weight excluding hydrogens is 258 g/mol. The Hall–Kier alpha value is -1.32. The molecule has 19 heavy (non-hydrogen) atoms. The van der Waals surface area contributed by atoms with Gasteiger partial charge in [0.05, 0.1) is 11.4 Å². The summed E-state index contributed by atoms with van der Waals surface area (Å²) in [7, 11) is 0. The number of aryl methyl sites for hydroxylation is 2. The standard InChI is InChI=1S/C15H20ClN3/c1-5-17-9-14-11(3)18-19(12(14)4)15-7-6-13(16)8-10(15)2/h6-8,17H,5,9H2,1-4H3. The second-order valence-corrected chi connectivity index (χ2v) is 5.21. The minimum absolute atomic E-state index is 0.760. The van der Waals surface area contributed by atoms with Crippen LogP contribution in [0, 0.1) is 20.8 Å². The molecule has 1 heterocycles. The van der Waals surface area contributed by atoms with E-state index in [0.29, 0.717) is 0 Å². The van der Waals surface area contributed by atoms with Crippen LogP contribution >= 0.6 is 11.6 Å². The molecule has 0 fully saturated rings. The summed E-state index contributed by atoms with van der Waals surface area (Å²) in [5.41, 5.74) is 5.76. The minimum Gasteiger partial charge on any atom is -0.313 e. The number of nitrogens with zero attached hydrogens (tertiary/aromatic N) is 2. The highest BCUT2D eigenvalue weighted by Crippen LogP contribution is 2.22. The smallest absolute Gasteiger partial charge is 0.0679 e. The lowest BCUT2D eigenvalue weighted by Gasteiger charge is -2.09. The summed E-state index contributed by atoms with van der Waals surface area (Å²) in [6.45, 7) is 10.2. The van der Waals surface area contributed by atoms with Gasteiger partial charge in [-0.25, -0.2) is 4.68 Å². The Bertz CT molecular complexity index is 587. The number of hydrogen-bond donors (Lipinski definition) is 1. The van der Waals surface area contributed by atoms with Crippen LogP contribution in [0.15, 0.2) is 18.2 Å². The van der Waals surface area contributed by atoms with Crippen molar-refractivity contribution in [1.82, 2.24) is 15.1 Å². The van der Waals surface area contributed by atoms with Gasteiger partial charge in [0.15, 0.2) is 0 Å². The van der Waals surface area contributed by atoms with Crippen molar-refractivity contribution in [2.24, 2.45) is 0 Å². The largest absolute Gasteiger partial charge is 0.313 e. The van der Waals surface area contributed by atoms with E-state index in [1.165, 1.54) is 11.3 Å². The minimum atomic E-state index is 0.760. The second kappa shape index (κ2) is 5.76. The fourth-order valence-corrected chi connectivity index (χ4v) is 2.50. The number of rotatable bonds is 4. The summed E-state index contributed by atoms with van der Waals surface area (Å²) in [5.74, 6) is 0. The first-order valence-electron chi connectivity index (χ1n) is 6.57. The van der Waals surface area contributed by atoms with Crippen LogP contribution in [0.5, 0.6) is 0 Å². The Morgan fingerprint density at radius 1 is 1.26 bits per heavy atom. The molecule has 0 aliphatic heterocycles. The normalized spacial score (nSPS) is 11.0. The molecule has 3 nitrogen and oxygen atoms in total. The van der Waals surface area contributed by atoms with Gasteiger partial charge in [0.2, 0.25) is 0 Å². The summed E-state index contributed by atoms with van der Waals surface area (Å²) >= 11 is 6.01. The molecule has 0 unspecified atom stereocenters. The van der Waals surface area contributed by atoms with Crippen LogP contribution in [0.3, 0.4) is 0 Å². The third-order valence-corrected chi connectivity index (χ3v) is 3.62. The number of aromatic nitrogens is 2. The van der Waals surface area contributed by atoms with E-state index in [0.717, 1.165) is 35.1 Å². The maximum absolute atomic E-state index is 6.01. The van der Waals surface area contributed by atoms with E-state index in [-0.39, 0.29) is 0 Å². The molecule has 0 amide bonds. The summed E-state index contributed by atoms with van der Waals surface area (Å²) in [4.78, 5) is 0. The Morgan fingerprint density at radius 3 is 2.63 bits per heavy atom. The van der Waals surface area contributed by atoms with Crippen molar-refractivity contribution >= 4 is 11.6 Å².